The molecule has 0 aliphatic heterocycles. The maximum absolute atomic E-state index is 9.89. The van der Waals surface area contributed by atoms with E-state index in [0.717, 1.165) is 17.7 Å². The van der Waals surface area contributed by atoms with Crippen LogP contribution in [0.5, 0.6) is 0 Å². The fourth-order valence-corrected chi connectivity index (χ4v) is 2.09. The molecule has 0 aliphatic rings. The molecule has 2 aromatic rings. The second-order valence-electron chi connectivity index (χ2n) is 5.25. The predicted octanol–water partition coefficient (Wildman–Crippen LogP) is 2.38. The smallest absolute Gasteiger partial charge is 0.105 e. The highest BCUT2D eigenvalue weighted by atomic mass is 16.5. The number of nitrogens with one attached hydrogen (secondary N) is 1. The van der Waals surface area contributed by atoms with Gasteiger partial charge in [-0.05, 0) is 24.6 Å². The van der Waals surface area contributed by atoms with Crippen LogP contribution in [-0.2, 0) is 17.8 Å². The molecule has 4 nitrogen and oxygen atoms in total. The Labute approximate surface area is 125 Å². The summed E-state index contributed by atoms with van der Waals surface area (Å²) in [7, 11) is 0. The van der Waals surface area contributed by atoms with E-state index < -0.39 is 6.10 Å². The summed E-state index contributed by atoms with van der Waals surface area (Å²) in [6.07, 6.45) is 1.98. The van der Waals surface area contributed by atoms with Crippen LogP contribution in [0.2, 0.25) is 0 Å². The lowest BCUT2D eigenvalue weighted by Crippen LogP contribution is -2.36. The summed E-state index contributed by atoms with van der Waals surface area (Å²) < 4.78 is 10.8. The van der Waals surface area contributed by atoms with Crippen LogP contribution in [-0.4, -0.2) is 30.4 Å². The van der Waals surface area contributed by atoms with Crippen molar-refractivity contribution in [2.24, 2.45) is 0 Å². The minimum Gasteiger partial charge on any atom is -0.469 e. The summed E-state index contributed by atoms with van der Waals surface area (Å²) in [4.78, 5) is 0. The number of ether oxygens (including phenoxy) is 1. The number of benzene rings is 1. The Bertz CT molecular complexity index is 484. The van der Waals surface area contributed by atoms with Crippen molar-refractivity contribution in [3.05, 3.63) is 60.1 Å². The van der Waals surface area contributed by atoms with E-state index in [1.54, 1.807) is 6.26 Å². The molecule has 21 heavy (non-hydrogen) atoms. The number of aliphatic hydroxyl groups is 1. The zero-order chi connectivity index (χ0) is 14.9. The van der Waals surface area contributed by atoms with E-state index in [2.05, 4.69) is 12.2 Å². The highest BCUT2D eigenvalue weighted by Gasteiger charge is 2.09. The van der Waals surface area contributed by atoms with Gasteiger partial charge in [-0.2, -0.15) is 0 Å². The van der Waals surface area contributed by atoms with Crippen molar-refractivity contribution in [1.82, 2.24) is 5.32 Å². The first-order valence-corrected chi connectivity index (χ1v) is 7.29. The van der Waals surface area contributed by atoms with Gasteiger partial charge < -0.3 is 19.6 Å². The Balaban J connectivity index is 1.58. The SMILES string of the molecule is CC(Cc1ccco1)NCC(O)COCc1ccccc1. The quantitative estimate of drug-likeness (QED) is 0.744. The summed E-state index contributed by atoms with van der Waals surface area (Å²) in [5, 5.41) is 13.2. The first-order chi connectivity index (χ1) is 10.2. The summed E-state index contributed by atoms with van der Waals surface area (Å²) >= 11 is 0. The number of rotatable bonds is 9. The normalized spacial score (nSPS) is 14.0. The van der Waals surface area contributed by atoms with Gasteiger partial charge in [0.1, 0.15) is 5.76 Å². The first-order valence-electron chi connectivity index (χ1n) is 7.29. The largest absolute Gasteiger partial charge is 0.469 e. The minimum absolute atomic E-state index is 0.250. The van der Waals surface area contributed by atoms with Gasteiger partial charge in [-0.25, -0.2) is 0 Å². The van der Waals surface area contributed by atoms with Crippen LogP contribution >= 0.6 is 0 Å². The van der Waals surface area contributed by atoms with E-state index in [4.69, 9.17) is 9.15 Å². The molecule has 0 spiro atoms. The van der Waals surface area contributed by atoms with Crippen molar-refractivity contribution in [3.8, 4) is 0 Å². The van der Waals surface area contributed by atoms with E-state index in [1.165, 1.54) is 0 Å². The Morgan fingerprint density at radius 2 is 2.00 bits per heavy atom. The van der Waals surface area contributed by atoms with Crippen LogP contribution in [0.1, 0.15) is 18.2 Å². The van der Waals surface area contributed by atoms with Crippen molar-refractivity contribution in [2.45, 2.75) is 32.1 Å². The third-order valence-corrected chi connectivity index (χ3v) is 3.21. The molecule has 1 aromatic heterocycles. The average Bonchev–Trinajstić information content (AvgIpc) is 2.99. The molecule has 1 aromatic carbocycles. The van der Waals surface area contributed by atoms with Crippen molar-refractivity contribution in [2.75, 3.05) is 13.2 Å². The molecular weight excluding hydrogens is 266 g/mol. The molecule has 0 bridgehead atoms. The fraction of sp³-hybridized carbons (Fsp3) is 0.412. The predicted molar refractivity (Wildman–Crippen MR) is 82.0 cm³/mol. The zero-order valence-electron chi connectivity index (χ0n) is 12.4. The minimum atomic E-state index is -0.507. The van der Waals surface area contributed by atoms with E-state index in [1.807, 2.05) is 42.5 Å². The number of furan rings is 1. The Morgan fingerprint density at radius 3 is 2.71 bits per heavy atom. The Hall–Kier alpha value is -1.62. The zero-order valence-corrected chi connectivity index (χ0v) is 12.4. The van der Waals surface area contributed by atoms with Gasteiger partial charge in [-0.15, -0.1) is 0 Å². The van der Waals surface area contributed by atoms with Crippen LogP contribution in [0.4, 0.5) is 0 Å². The molecule has 0 saturated heterocycles. The molecule has 0 amide bonds. The molecule has 0 saturated carbocycles. The monoisotopic (exact) mass is 289 g/mol. The summed E-state index contributed by atoms with van der Waals surface area (Å²) in [5.74, 6) is 0.949. The fourth-order valence-electron chi connectivity index (χ4n) is 2.09. The van der Waals surface area contributed by atoms with Gasteiger partial charge in [0.2, 0.25) is 0 Å². The maximum atomic E-state index is 9.89. The molecule has 0 aliphatic carbocycles. The standard InChI is InChI=1S/C17H23NO3/c1-14(10-17-8-5-9-21-17)18-11-16(19)13-20-12-15-6-3-2-4-7-15/h2-9,14,16,18-19H,10-13H2,1H3. The van der Waals surface area contributed by atoms with Crippen molar-refractivity contribution in [1.29, 1.82) is 0 Å². The van der Waals surface area contributed by atoms with Gasteiger partial charge in [0.05, 0.1) is 25.6 Å². The third kappa shape index (κ3) is 6.12. The van der Waals surface area contributed by atoms with Gasteiger partial charge in [0, 0.05) is 19.0 Å². The number of hydrogen-bond donors (Lipinski definition) is 2. The lowest BCUT2D eigenvalue weighted by atomic mass is 10.2. The lowest BCUT2D eigenvalue weighted by molar-refractivity contribution is 0.0278. The Morgan fingerprint density at radius 1 is 1.19 bits per heavy atom. The van der Waals surface area contributed by atoms with Gasteiger partial charge in [-0.3, -0.25) is 0 Å². The van der Waals surface area contributed by atoms with Crippen molar-refractivity contribution >= 4 is 0 Å². The highest BCUT2D eigenvalue weighted by molar-refractivity contribution is 5.13. The average molecular weight is 289 g/mol. The molecule has 2 N–H and O–H groups in total. The van der Waals surface area contributed by atoms with Gasteiger partial charge in [0.25, 0.3) is 0 Å². The Kier molecular flexibility index (Phi) is 6.47. The molecule has 0 fully saturated rings. The second kappa shape index (κ2) is 8.62. The second-order valence-corrected chi connectivity index (χ2v) is 5.25. The van der Waals surface area contributed by atoms with E-state index in [0.29, 0.717) is 19.8 Å². The van der Waals surface area contributed by atoms with Crippen LogP contribution in [0.25, 0.3) is 0 Å². The van der Waals surface area contributed by atoms with E-state index in [9.17, 15) is 5.11 Å². The lowest BCUT2D eigenvalue weighted by Gasteiger charge is -2.16. The van der Waals surface area contributed by atoms with Gasteiger partial charge in [0.15, 0.2) is 0 Å². The van der Waals surface area contributed by atoms with Crippen LogP contribution in [0.3, 0.4) is 0 Å². The van der Waals surface area contributed by atoms with E-state index >= 15 is 0 Å². The summed E-state index contributed by atoms with van der Waals surface area (Å²) in [6.45, 7) is 3.44. The first kappa shape index (κ1) is 15.8. The molecule has 2 rings (SSSR count). The maximum Gasteiger partial charge on any atom is 0.105 e. The van der Waals surface area contributed by atoms with Gasteiger partial charge >= 0.3 is 0 Å². The third-order valence-electron chi connectivity index (χ3n) is 3.21. The summed E-state index contributed by atoms with van der Waals surface area (Å²) in [6, 6.07) is 14.0. The molecule has 2 unspecified atom stereocenters. The highest BCUT2D eigenvalue weighted by Crippen LogP contribution is 2.04. The van der Waals surface area contributed by atoms with Crippen molar-refractivity contribution in [3.63, 3.8) is 0 Å². The molecular formula is C17H23NO3. The number of hydrogen-bond acceptors (Lipinski definition) is 4. The molecule has 4 heteroatoms. The molecule has 114 valence electrons. The van der Waals surface area contributed by atoms with Crippen molar-refractivity contribution < 1.29 is 14.3 Å². The van der Waals surface area contributed by atoms with Crippen LogP contribution in [0.15, 0.2) is 53.1 Å². The molecule has 1 heterocycles. The van der Waals surface area contributed by atoms with Crippen LogP contribution in [0, 0.1) is 0 Å². The van der Waals surface area contributed by atoms with Crippen LogP contribution < -0.4 is 5.32 Å². The summed E-state index contributed by atoms with van der Waals surface area (Å²) in [5.41, 5.74) is 1.11. The molecule has 2 atom stereocenters. The van der Waals surface area contributed by atoms with Gasteiger partial charge in [-0.1, -0.05) is 30.3 Å². The topological polar surface area (TPSA) is 54.6 Å². The molecule has 0 radical (unpaired) electrons. The number of aliphatic hydroxyl groups excluding tert-OH is 1. The van der Waals surface area contributed by atoms with E-state index in [-0.39, 0.29) is 6.04 Å².